The van der Waals surface area contributed by atoms with E-state index in [2.05, 4.69) is 22.1 Å². The molecule has 2 atom stereocenters. The van der Waals surface area contributed by atoms with Crippen LogP contribution in [0.1, 0.15) is 24.4 Å². The second-order valence-electron chi connectivity index (χ2n) is 5.54. The molecule has 1 saturated heterocycles. The molecule has 122 valence electrons. The summed E-state index contributed by atoms with van der Waals surface area (Å²) >= 11 is 1.62. The highest BCUT2D eigenvalue weighted by Crippen LogP contribution is 2.24. The van der Waals surface area contributed by atoms with E-state index in [1.807, 2.05) is 19.4 Å². The molecule has 0 aliphatic carbocycles. The molecule has 2 heterocycles. The van der Waals surface area contributed by atoms with Gasteiger partial charge in [0.25, 0.3) is 0 Å². The lowest BCUT2D eigenvalue weighted by atomic mass is 9.99. The first-order chi connectivity index (χ1) is 10.6. The van der Waals surface area contributed by atoms with E-state index >= 15 is 0 Å². The fourth-order valence-electron chi connectivity index (χ4n) is 2.65. The van der Waals surface area contributed by atoms with Crippen LogP contribution in [0.15, 0.2) is 10.5 Å². The van der Waals surface area contributed by atoms with E-state index in [0.717, 1.165) is 24.7 Å². The van der Waals surface area contributed by atoms with Crippen molar-refractivity contribution < 1.29 is 9.53 Å². The highest BCUT2D eigenvalue weighted by Gasteiger charge is 2.36. The third-order valence-electron chi connectivity index (χ3n) is 3.97. The summed E-state index contributed by atoms with van der Waals surface area (Å²) in [5.41, 5.74) is 2.88. The Hall–Kier alpha value is -1.63. The monoisotopic (exact) mass is 324 g/mol. The SMILES string of the molecule is CCNC(=NCc1scnc1C)N1CC(C)C(C(=O)OC)C1. The second kappa shape index (κ2) is 7.58. The van der Waals surface area contributed by atoms with Crippen LogP contribution >= 0.6 is 11.3 Å². The average molecular weight is 324 g/mol. The molecule has 22 heavy (non-hydrogen) atoms. The van der Waals surface area contributed by atoms with Gasteiger partial charge >= 0.3 is 5.97 Å². The van der Waals surface area contributed by atoms with E-state index < -0.39 is 0 Å². The number of carbonyl (C=O) groups excluding carboxylic acids is 1. The second-order valence-corrected chi connectivity index (χ2v) is 6.48. The number of hydrogen-bond donors (Lipinski definition) is 1. The molecule has 1 aliphatic rings. The normalized spacial score (nSPS) is 22.0. The molecule has 1 aliphatic heterocycles. The standard InChI is InChI=1S/C15H24N4O2S/c1-5-16-15(17-6-13-11(3)18-9-22-13)19-7-10(2)12(8-19)14(20)21-4/h9-10,12H,5-8H2,1-4H3,(H,16,17). The first-order valence-electron chi connectivity index (χ1n) is 7.56. The quantitative estimate of drug-likeness (QED) is 0.518. The molecular weight excluding hydrogens is 300 g/mol. The lowest BCUT2D eigenvalue weighted by Crippen LogP contribution is -2.40. The van der Waals surface area contributed by atoms with Crippen molar-refractivity contribution in [3.05, 3.63) is 16.1 Å². The molecule has 1 aromatic rings. The van der Waals surface area contributed by atoms with Gasteiger partial charge in [-0.25, -0.2) is 9.98 Å². The number of aliphatic imine (C=N–C) groups is 1. The first-order valence-corrected chi connectivity index (χ1v) is 8.44. The van der Waals surface area contributed by atoms with Gasteiger partial charge in [0.2, 0.25) is 0 Å². The summed E-state index contributed by atoms with van der Waals surface area (Å²) in [6.45, 7) is 9.01. The number of hydrogen-bond acceptors (Lipinski definition) is 5. The Labute approximate surface area is 135 Å². The van der Waals surface area contributed by atoms with Gasteiger partial charge in [0.15, 0.2) is 5.96 Å². The Morgan fingerprint density at radius 1 is 1.59 bits per heavy atom. The number of aromatic nitrogens is 1. The predicted octanol–water partition coefficient (Wildman–Crippen LogP) is 1.66. The van der Waals surface area contributed by atoms with E-state index in [-0.39, 0.29) is 17.8 Å². The van der Waals surface area contributed by atoms with Crippen molar-refractivity contribution in [1.82, 2.24) is 15.2 Å². The molecule has 1 aromatic heterocycles. The van der Waals surface area contributed by atoms with Crippen LogP contribution in [0.3, 0.4) is 0 Å². The summed E-state index contributed by atoms with van der Waals surface area (Å²) in [6.07, 6.45) is 0. The molecule has 1 N–H and O–H groups in total. The predicted molar refractivity (Wildman–Crippen MR) is 87.9 cm³/mol. The minimum Gasteiger partial charge on any atom is -0.469 e. The van der Waals surface area contributed by atoms with Gasteiger partial charge in [-0.2, -0.15) is 0 Å². The van der Waals surface area contributed by atoms with Gasteiger partial charge in [0.05, 0.1) is 30.8 Å². The maximum atomic E-state index is 11.8. The lowest BCUT2D eigenvalue weighted by molar-refractivity contribution is -0.145. The largest absolute Gasteiger partial charge is 0.469 e. The summed E-state index contributed by atoms with van der Waals surface area (Å²) in [5.74, 6) is 0.901. The molecule has 7 heteroatoms. The summed E-state index contributed by atoms with van der Waals surface area (Å²) < 4.78 is 4.89. The highest BCUT2D eigenvalue weighted by molar-refractivity contribution is 7.09. The van der Waals surface area contributed by atoms with Crippen LogP contribution in [0.4, 0.5) is 0 Å². The molecule has 0 radical (unpaired) electrons. The van der Waals surface area contributed by atoms with Gasteiger partial charge in [0, 0.05) is 24.5 Å². The zero-order valence-electron chi connectivity index (χ0n) is 13.6. The maximum absolute atomic E-state index is 11.8. The number of rotatable bonds is 4. The maximum Gasteiger partial charge on any atom is 0.310 e. The van der Waals surface area contributed by atoms with Gasteiger partial charge in [0.1, 0.15) is 0 Å². The summed E-state index contributed by atoms with van der Waals surface area (Å²) in [5, 5.41) is 3.31. The number of likely N-dealkylation sites (tertiary alicyclic amines) is 1. The third kappa shape index (κ3) is 3.76. The van der Waals surface area contributed by atoms with E-state index in [1.54, 1.807) is 11.3 Å². The Morgan fingerprint density at radius 2 is 2.36 bits per heavy atom. The Morgan fingerprint density at radius 3 is 2.95 bits per heavy atom. The molecule has 6 nitrogen and oxygen atoms in total. The Kier molecular flexibility index (Phi) is 5.76. The number of nitrogens with zero attached hydrogens (tertiary/aromatic N) is 3. The van der Waals surface area contributed by atoms with Crippen LogP contribution in [0.2, 0.25) is 0 Å². The topological polar surface area (TPSA) is 66.8 Å². The third-order valence-corrected chi connectivity index (χ3v) is 4.89. The van der Waals surface area contributed by atoms with E-state index in [1.165, 1.54) is 12.0 Å². The van der Waals surface area contributed by atoms with Crippen molar-refractivity contribution in [2.75, 3.05) is 26.7 Å². The smallest absolute Gasteiger partial charge is 0.310 e. The molecule has 0 saturated carbocycles. The minimum atomic E-state index is -0.135. The molecule has 0 spiro atoms. The van der Waals surface area contributed by atoms with Crippen molar-refractivity contribution in [3.63, 3.8) is 0 Å². The van der Waals surface area contributed by atoms with Crippen LogP contribution in [0.25, 0.3) is 0 Å². The molecular formula is C15H24N4O2S. The van der Waals surface area contributed by atoms with Crippen molar-refractivity contribution >= 4 is 23.3 Å². The molecule has 0 aromatic carbocycles. The molecule has 2 unspecified atom stereocenters. The molecule has 0 bridgehead atoms. The van der Waals surface area contributed by atoms with Gasteiger partial charge in [-0.3, -0.25) is 4.79 Å². The van der Waals surface area contributed by atoms with E-state index in [0.29, 0.717) is 13.1 Å². The van der Waals surface area contributed by atoms with Crippen LogP contribution < -0.4 is 5.32 Å². The first kappa shape index (κ1) is 16.7. The molecule has 2 rings (SSSR count). The number of methoxy groups -OCH3 is 1. The van der Waals surface area contributed by atoms with Crippen molar-refractivity contribution in [2.24, 2.45) is 16.8 Å². The van der Waals surface area contributed by atoms with Crippen LogP contribution in [-0.4, -0.2) is 48.6 Å². The van der Waals surface area contributed by atoms with Crippen molar-refractivity contribution in [3.8, 4) is 0 Å². The fraction of sp³-hybridized carbons (Fsp3) is 0.667. The highest BCUT2D eigenvalue weighted by atomic mass is 32.1. The van der Waals surface area contributed by atoms with E-state index in [9.17, 15) is 4.79 Å². The minimum absolute atomic E-state index is 0.0843. The van der Waals surface area contributed by atoms with Crippen LogP contribution in [0, 0.1) is 18.8 Å². The van der Waals surface area contributed by atoms with Crippen molar-refractivity contribution in [1.29, 1.82) is 0 Å². The number of carbonyl (C=O) groups is 1. The van der Waals surface area contributed by atoms with Crippen molar-refractivity contribution in [2.45, 2.75) is 27.3 Å². The van der Waals surface area contributed by atoms with Gasteiger partial charge < -0.3 is 15.0 Å². The number of thiazole rings is 1. The summed E-state index contributed by atoms with van der Waals surface area (Å²) in [7, 11) is 1.45. The zero-order valence-corrected chi connectivity index (χ0v) is 14.4. The summed E-state index contributed by atoms with van der Waals surface area (Å²) in [4.78, 5) is 24.1. The summed E-state index contributed by atoms with van der Waals surface area (Å²) in [6, 6.07) is 0. The lowest BCUT2D eigenvalue weighted by Gasteiger charge is -2.21. The van der Waals surface area contributed by atoms with Crippen LogP contribution in [-0.2, 0) is 16.1 Å². The molecule has 1 fully saturated rings. The number of esters is 1. The zero-order chi connectivity index (χ0) is 16.1. The number of ether oxygens (including phenoxy) is 1. The molecule has 0 amide bonds. The fourth-order valence-corrected chi connectivity index (χ4v) is 3.35. The van der Waals surface area contributed by atoms with Gasteiger partial charge in [-0.1, -0.05) is 6.92 Å². The average Bonchev–Trinajstić information content (AvgIpc) is 3.09. The van der Waals surface area contributed by atoms with Gasteiger partial charge in [-0.15, -0.1) is 11.3 Å². The van der Waals surface area contributed by atoms with Gasteiger partial charge in [-0.05, 0) is 19.8 Å². The Balaban J connectivity index is 2.08. The number of aryl methyl sites for hydroxylation is 1. The van der Waals surface area contributed by atoms with E-state index in [4.69, 9.17) is 9.73 Å². The Bertz CT molecular complexity index is 543. The number of nitrogens with one attached hydrogen (secondary N) is 1. The van der Waals surface area contributed by atoms with Crippen LogP contribution in [0.5, 0.6) is 0 Å². The number of guanidine groups is 1.